The first-order valence-corrected chi connectivity index (χ1v) is 8.90. The normalized spacial score (nSPS) is 10.8. The summed E-state index contributed by atoms with van der Waals surface area (Å²) in [6.45, 7) is 0.858. The van der Waals surface area contributed by atoms with Crippen molar-refractivity contribution in [1.29, 1.82) is 0 Å². The number of para-hydroxylation sites is 1. The molecule has 0 bridgehead atoms. The average molecular weight is 364 g/mol. The van der Waals surface area contributed by atoms with Gasteiger partial charge >= 0.3 is 0 Å². The monoisotopic (exact) mass is 364 g/mol. The summed E-state index contributed by atoms with van der Waals surface area (Å²) in [7, 11) is 5.77. The summed E-state index contributed by atoms with van der Waals surface area (Å²) < 4.78 is 1.50. The Morgan fingerprint density at radius 3 is 2.44 bits per heavy atom. The van der Waals surface area contributed by atoms with E-state index in [0.717, 1.165) is 11.3 Å². The van der Waals surface area contributed by atoms with Crippen LogP contribution in [0.3, 0.4) is 0 Å². The Morgan fingerprint density at radius 1 is 1.04 bits per heavy atom. The highest BCUT2D eigenvalue weighted by atomic mass is 16.2. The molecule has 0 N–H and O–H groups in total. The summed E-state index contributed by atoms with van der Waals surface area (Å²) in [5.74, 6) is -0.00764. The summed E-state index contributed by atoms with van der Waals surface area (Å²) in [5.41, 5.74) is 2.75. The second-order valence-corrected chi connectivity index (χ2v) is 6.82. The molecular formula is C21H24N4O2. The molecule has 6 heteroatoms. The lowest BCUT2D eigenvalue weighted by molar-refractivity contribution is -0.130. The molecule has 1 amide bonds. The number of rotatable bonds is 6. The summed E-state index contributed by atoms with van der Waals surface area (Å²) in [4.78, 5) is 32.9. The zero-order valence-electron chi connectivity index (χ0n) is 15.9. The van der Waals surface area contributed by atoms with Crippen molar-refractivity contribution in [3.05, 3.63) is 70.8 Å². The van der Waals surface area contributed by atoms with Gasteiger partial charge in [-0.3, -0.25) is 14.2 Å². The molecule has 0 saturated carbocycles. The van der Waals surface area contributed by atoms with Gasteiger partial charge in [-0.1, -0.05) is 24.3 Å². The Bertz CT molecular complexity index is 993. The molecule has 0 aliphatic carbocycles. The fourth-order valence-corrected chi connectivity index (χ4v) is 2.93. The van der Waals surface area contributed by atoms with Crippen LogP contribution in [0.1, 0.15) is 12.0 Å². The molecule has 0 unspecified atom stereocenters. The Kier molecular flexibility index (Phi) is 5.54. The maximum Gasteiger partial charge on any atom is 0.261 e. The van der Waals surface area contributed by atoms with E-state index in [1.54, 1.807) is 18.0 Å². The van der Waals surface area contributed by atoms with Gasteiger partial charge in [-0.2, -0.15) is 0 Å². The predicted molar refractivity (Wildman–Crippen MR) is 108 cm³/mol. The van der Waals surface area contributed by atoms with Crippen LogP contribution in [0.2, 0.25) is 0 Å². The standard InChI is InChI=1S/C21H24N4O2/c1-23(2)17-10-8-16(9-11-17)14-24(3)20(26)12-13-25-15-22-19-7-5-4-6-18(19)21(25)27/h4-11,15H,12-14H2,1-3H3. The molecule has 0 radical (unpaired) electrons. The fraction of sp³-hybridized carbons (Fsp3) is 0.286. The Morgan fingerprint density at radius 2 is 1.74 bits per heavy atom. The molecule has 0 aliphatic heterocycles. The number of fused-ring (bicyclic) bond motifs is 1. The molecule has 0 saturated heterocycles. The number of hydrogen-bond donors (Lipinski definition) is 0. The number of carbonyl (C=O) groups excluding carboxylic acids is 1. The highest BCUT2D eigenvalue weighted by Gasteiger charge is 2.11. The van der Waals surface area contributed by atoms with Crippen LogP contribution in [-0.2, 0) is 17.9 Å². The lowest BCUT2D eigenvalue weighted by atomic mass is 10.2. The van der Waals surface area contributed by atoms with E-state index in [-0.39, 0.29) is 17.9 Å². The molecule has 3 rings (SSSR count). The van der Waals surface area contributed by atoms with Crippen molar-refractivity contribution in [2.45, 2.75) is 19.5 Å². The topological polar surface area (TPSA) is 58.4 Å². The minimum Gasteiger partial charge on any atom is -0.378 e. The van der Waals surface area contributed by atoms with E-state index in [1.807, 2.05) is 61.5 Å². The minimum absolute atomic E-state index is 0.00764. The van der Waals surface area contributed by atoms with E-state index in [1.165, 1.54) is 10.9 Å². The molecule has 2 aromatic carbocycles. The van der Waals surface area contributed by atoms with E-state index in [9.17, 15) is 9.59 Å². The van der Waals surface area contributed by atoms with Crippen molar-refractivity contribution in [3.63, 3.8) is 0 Å². The molecule has 0 aliphatic rings. The van der Waals surface area contributed by atoms with E-state index >= 15 is 0 Å². The van der Waals surface area contributed by atoms with Crippen LogP contribution in [0.4, 0.5) is 5.69 Å². The molecule has 140 valence electrons. The lowest BCUT2D eigenvalue weighted by Gasteiger charge is -2.19. The van der Waals surface area contributed by atoms with E-state index in [4.69, 9.17) is 0 Å². The van der Waals surface area contributed by atoms with Crippen LogP contribution in [0.25, 0.3) is 10.9 Å². The molecule has 3 aromatic rings. The zero-order chi connectivity index (χ0) is 19.4. The third kappa shape index (κ3) is 4.34. The quantitative estimate of drug-likeness (QED) is 0.674. The third-order valence-electron chi connectivity index (χ3n) is 4.60. The van der Waals surface area contributed by atoms with Gasteiger partial charge in [0, 0.05) is 46.3 Å². The van der Waals surface area contributed by atoms with Crippen LogP contribution in [0, 0.1) is 0 Å². The second kappa shape index (κ2) is 8.03. The van der Waals surface area contributed by atoms with Gasteiger partial charge < -0.3 is 9.80 Å². The second-order valence-electron chi connectivity index (χ2n) is 6.82. The summed E-state index contributed by atoms with van der Waals surface area (Å²) in [6.07, 6.45) is 1.77. The number of anilines is 1. The third-order valence-corrected chi connectivity index (χ3v) is 4.60. The van der Waals surface area contributed by atoms with Gasteiger partial charge in [0.05, 0.1) is 17.2 Å². The van der Waals surface area contributed by atoms with Gasteiger partial charge in [0.2, 0.25) is 5.91 Å². The number of carbonyl (C=O) groups is 1. The Hall–Kier alpha value is -3.15. The Labute approximate surface area is 158 Å². The van der Waals surface area contributed by atoms with Gasteiger partial charge in [0.1, 0.15) is 0 Å². The minimum atomic E-state index is -0.115. The van der Waals surface area contributed by atoms with Crippen LogP contribution >= 0.6 is 0 Å². The highest BCUT2D eigenvalue weighted by molar-refractivity contribution is 5.77. The zero-order valence-corrected chi connectivity index (χ0v) is 15.9. The van der Waals surface area contributed by atoms with Crippen molar-refractivity contribution in [3.8, 4) is 0 Å². The summed E-state index contributed by atoms with van der Waals surface area (Å²) in [5, 5.41) is 0.571. The SMILES string of the molecule is CN(Cc1ccc(N(C)C)cc1)C(=O)CCn1cnc2ccccc2c1=O. The number of benzene rings is 2. The maximum absolute atomic E-state index is 12.5. The fourth-order valence-electron chi connectivity index (χ4n) is 2.93. The predicted octanol–water partition coefficient (Wildman–Crippen LogP) is 2.51. The first kappa shape index (κ1) is 18.6. The van der Waals surface area contributed by atoms with Crippen LogP contribution in [-0.4, -0.2) is 41.5 Å². The largest absolute Gasteiger partial charge is 0.378 e. The van der Waals surface area contributed by atoms with E-state index in [0.29, 0.717) is 24.0 Å². The number of aryl methyl sites for hydroxylation is 1. The van der Waals surface area contributed by atoms with Crippen molar-refractivity contribution in [2.75, 3.05) is 26.0 Å². The van der Waals surface area contributed by atoms with Gasteiger partial charge in [0.25, 0.3) is 5.56 Å². The molecule has 1 aromatic heterocycles. The first-order valence-electron chi connectivity index (χ1n) is 8.90. The van der Waals surface area contributed by atoms with Crippen LogP contribution in [0.5, 0.6) is 0 Å². The van der Waals surface area contributed by atoms with E-state index < -0.39 is 0 Å². The number of amides is 1. The number of hydrogen-bond acceptors (Lipinski definition) is 4. The van der Waals surface area contributed by atoms with Crippen molar-refractivity contribution in [2.24, 2.45) is 0 Å². The van der Waals surface area contributed by atoms with Crippen molar-refractivity contribution >= 4 is 22.5 Å². The summed E-state index contributed by atoms with van der Waals surface area (Å²) in [6, 6.07) is 15.3. The average Bonchev–Trinajstić information content (AvgIpc) is 2.67. The molecule has 0 spiro atoms. The van der Waals surface area contributed by atoms with Gasteiger partial charge in [0.15, 0.2) is 0 Å². The molecular weight excluding hydrogens is 340 g/mol. The van der Waals surface area contributed by atoms with Crippen molar-refractivity contribution in [1.82, 2.24) is 14.5 Å². The summed E-state index contributed by atoms with van der Waals surface area (Å²) >= 11 is 0. The van der Waals surface area contributed by atoms with Gasteiger partial charge in [-0.05, 0) is 29.8 Å². The van der Waals surface area contributed by atoms with Crippen LogP contribution < -0.4 is 10.5 Å². The molecule has 27 heavy (non-hydrogen) atoms. The number of aromatic nitrogens is 2. The molecule has 0 fully saturated rings. The molecule has 1 heterocycles. The smallest absolute Gasteiger partial charge is 0.261 e. The Balaban J connectivity index is 1.62. The highest BCUT2D eigenvalue weighted by Crippen LogP contribution is 2.13. The van der Waals surface area contributed by atoms with Crippen molar-refractivity contribution < 1.29 is 4.79 Å². The van der Waals surface area contributed by atoms with Crippen LogP contribution in [0.15, 0.2) is 59.7 Å². The maximum atomic E-state index is 12.5. The van der Waals surface area contributed by atoms with E-state index in [2.05, 4.69) is 4.98 Å². The van der Waals surface area contributed by atoms with Gasteiger partial charge in [-0.25, -0.2) is 4.98 Å². The molecule has 6 nitrogen and oxygen atoms in total. The molecule has 0 atom stereocenters. The lowest BCUT2D eigenvalue weighted by Crippen LogP contribution is -2.29. The van der Waals surface area contributed by atoms with Gasteiger partial charge in [-0.15, -0.1) is 0 Å². The number of nitrogens with zero attached hydrogens (tertiary/aromatic N) is 4. The first-order chi connectivity index (χ1) is 13.0.